The van der Waals surface area contributed by atoms with E-state index in [1.165, 1.54) is 53.1 Å². The molecule has 5 nitrogen and oxygen atoms in total. The molecular formula is C20H15FN2O3S. The molecule has 2 aromatic carbocycles. The standard InChI is InChI=1S/C20H15FN2O3S/c21-14-6-4-13(5-7-14)20(26)11-27-19-17(10-22)16(9-18(25)23(19)20)12-2-1-3-15(24)8-12/h1-8,16,24,26H,9,11H2/t16-,20-/m0/s1. The fourth-order valence-electron chi connectivity index (χ4n) is 3.58. The van der Waals surface area contributed by atoms with Gasteiger partial charge in [-0.15, -0.1) is 11.8 Å². The van der Waals surface area contributed by atoms with Gasteiger partial charge in [0, 0.05) is 17.9 Å². The predicted molar refractivity (Wildman–Crippen MR) is 97.7 cm³/mol. The fourth-order valence-corrected chi connectivity index (χ4v) is 4.94. The van der Waals surface area contributed by atoms with Crippen LogP contribution in [0.1, 0.15) is 23.5 Å². The molecule has 1 saturated heterocycles. The van der Waals surface area contributed by atoms with E-state index in [4.69, 9.17) is 0 Å². The van der Waals surface area contributed by atoms with E-state index in [1.807, 2.05) is 0 Å². The third-order valence-electron chi connectivity index (χ3n) is 4.89. The van der Waals surface area contributed by atoms with Gasteiger partial charge in [-0.2, -0.15) is 5.26 Å². The average Bonchev–Trinajstić information content (AvgIpc) is 3.01. The van der Waals surface area contributed by atoms with Crippen LogP contribution in [0.3, 0.4) is 0 Å². The number of fused-ring (bicyclic) bond motifs is 1. The van der Waals surface area contributed by atoms with Gasteiger partial charge in [0.05, 0.1) is 22.4 Å². The minimum atomic E-state index is -1.63. The molecule has 136 valence electrons. The summed E-state index contributed by atoms with van der Waals surface area (Å²) in [4.78, 5) is 14.2. The number of aromatic hydroxyl groups is 1. The Balaban J connectivity index is 1.81. The summed E-state index contributed by atoms with van der Waals surface area (Å²) < 4.78 is 13.3. The zero-order valence-corrected chi connectivity index (χ0v) is 14.9. The molecule has 2 atom stereocenters. The predicted octanol–water partition coefficient (Wildman–Crippen LogP) is 3.17. The Hall–Kier alpha value is -2.82. The molecule has 1 fully saturated rings. The Morgan fingerprint density at radius 3 is 2.67 bits per heavy atom. The van der Waals surface area contributed by atoms with E-state index in [0.29, 0.717) is 21.7 Å². The number of phenols is 1. The number of rotatable bonds is 2. The van der Waals surface area contributed by atoms with Gasteiger partial charge in [-0.3, -0.25) is 9.69 Å². The number of hydrogen-bond acceptors (Lipinski definition) is 5. The molecule has 7 heteroatoms. The van der Waals surface area contributed by atoms with Crippen molar-refractivity contribution in [2.75, 3.05) is 5.75 Å². The molecule has 2 aliphatic heterocycles. The lowest BCUT2D eigenvalue weighted by Gasteiger charge is -2.38. The van der Waals surface area contributed by atoms with E-state index in [1.54, 1.807) is 12.1 Å². The third-order valence-corrected chi connectivity index (χ3v) is 6.11. The maximum Gasteiger partial charge on any atom is 0.231 e. The highest BCUT2D eigenvalue weighted by atomic mass is 32.2. The monoisotopic (exact) mass is 382 g/mol. The van der Waals surface area contributed by atoms with Crippen molar-refractivity contribution < 1.29 is 19.4 Å². The Kier molecular flexibility index (Phi) is 4.17. The van der Waals surface area contributed by atoms with Gasteiger partial charge >= 0.3 is 0 Å². The van der Waals surface area contributed by atoms with Crippen molar-refractivity contribution >= 4 is 17.7 Å². The van der Waals surface area contributed by atoms with Crippen molar-refractivity contribution in [1.29, 1.82) is 5.26 Å². The highest BCUT2D eigenvalue weighted by Gasteiger charge is 2.51. The van der Waals surface area contributed by atoms with Crippen LogP contribution in [0.25, 0.3) is 0 Å². The number of thioether (sulfide) groups is 1. The summed E-state index contributed by atoms with van der Waals surface area (Å²) in [6, 6.07) is 14.0. The van der Waals surface area contributed by atoms with E-state index >= 15 is 0 Å². The first-order valence-electron chi connectivity index (χ1n) is 8.31. The molecule has 0 radical (unpaired) electrons. The molecule has 27 heavy (non-hydrogen) atoms. The summed E-state index contributed by atoms with van der Waals surface area (Å²) in [5, 5.41) is 31.1. The van der Waals surface area contributed by atoms with Gasteiger partial charge in [-0.05, 0) is 29.8 Å². The van der Waals surface area contributed by atoms with Gasteiger partial charge in [-0.25, -0.2) is 4.39 Å². The quantitative estimate of drug-likeness (QED) is 0.833. The lowest BCUT2D eigenvalue weighted by atomic mass is 9.85. The maximum atomic E-state index is 13.3. The van der Waals surface area contributed by atoms with Crippen LogP contribution in [0, 0.1) is 17.1 Å². The second-order valence-corrected chi connectivity index (χ2v) is 7.49. The molecular weight excluding hydrogens is 367 g/mol. The summed E-state index contributed by atoms with van der Waals surface area (Å²) in [5.74, 6) is -1.03. The molecule has 1 amide bonds. The molecule has 2 aliphatic rings. The maximum absolute atomic E-state index is 13.3. The van der Waals surface area contributed by atoms with E-state index in [2.05, 4.69) is 6.07 Å². The number of phenolic OH excluding ortho intramolecular Hbond substituents is 1. The van der Waals surface area contributed by atoms with Gasteiger partial charge in [-0.1, -0.05) is 24.3 Å². The minimum Gasteiger partial charge on any atom is -0.508 e. The van der Waals surface area contributed by atoms with Crippen LogP contribution in [0.15, 0.2) is 59.1 Å². The van der Waals surface area contributed by atoms with Gasteiger partial charge < -0.3 is 10.2 Å². The Morgan fingerprint density at radius 2 is 2.00 bits per heavy atom. The number of hydrogen-bond donors (Lipinski definition) is 2. The van der Waals surface area contributed by atoms with Crippen molar-refractivity contribution in [3.05, 3.63) is 76.1 Å². The van der Waals surface area contributed by atoms with Gasteiger partial charge in [0.2, 0.25) is 5.91 Å². The number of carbonyl (C=O) groups excluding carboxylic acids is 1. The molecule has 0 aliphatic carbocycles. The molecule has 0 bridgehead atoms. The highest BCUT2D eigenvalue weighted by Crippen LogP contribution is 2.51. The van der Waals surface area contributed by atoms with Crippen LogP contribution in [0.2, 0.25) is 0 Å². The fraction of sp³-hybridized carbons (Fsp3) is 0.200. The van der Waals surface area contributed by atoms with Crippen molar-refractivity contribution in [2.45, 2.75) is 18.1 Å². The second-order valence-electron chi connectivity index (χ2n) is 6.52. The molecule has 2 aromatic rings. The van der Waals surface area contributed by atoms with Crippen LogP contribution >= 0.6 is 11.8 Å². The lowest BCUT2D eigenvalue weighted by molar-refractivity contribution is -0.149. The summed E-state index contributed by atoms with van der Waals surface area (Å²) in [5.41, 5.74) is -0.183. The number of halogens is 1. The van der Waals surface area contributed by atoms with Crippen molar-refractivity contribution in [3.63, 3.8) is 0 Å². The zero-order valence-electron chi connectivity index (χ0n) is 14.1. The first-order valence-corrected chi connectivity index (χ1v) is 9.30. The van der Waals surface area contributed by atoms with Gasteiger partial charge in [0.15, 0.2) is 5.72 Å². The SMILES string of the molecule is N#CC1=C2SC[C@](O)(c3ccc(F)cc3)N2C(=O)C[C@H]1c1cccc(O)c1. The van der Waals surface area contributed by atoms with E-state index in [-0.39, 0.29) is 23.8 Å². The minimum absolute atomic E-state index is 0.0000879. The van der Waals surface area contributed by atoms with Gasteiger partial charge in [0.25, 0.3) is 0 Å². The second kappa shape index (κ2) is 6.41. The molecule has 0 spiro atoms. The van der Waals surface area contributed by atoms with E-state index in [9.17, 15) is 24.7 Å². The molecule has 2 heterocycles. The van der Waals surface area contributed by atoms with E-state index in [0.717, 1.165) is 0 Å². The Bertz CT molecular complexity index is 999. The zero-order chi connectivity index (χ0) is 19.2. The normalized spacial score (nSPS) is 24.7. The molecule has 0 aromatic heterocycles. The Morgan fingerprint density at radius 1 is 1.26 bits per heavy atom. The molecule has 0 saturated carbocycles. The smallest absolute Gasteiger partial charge is 0.231 e. The van der Waals surface area contributed by atoms with Crippen LogP contribution in [-0.2, 0) is 10.5 Å². The van der Waals surface area contributed by atoms with Crippen LogP contribution < -0.4 is 0 Å². The van der Waals surface area contributed by atoms with Crippen molar-refractivity contribution in [1.82, 2.24) is 4.90 Å². The number of carbonyl (C=O) groups is 1. The molecule has 0 unspecified atom stereocenters. The van der Waals surface area contributed by atoms with Gasteiger partial charge in [0.1, 0.15) is 11.6 Å². The largest absolute Gasteiger partial charge is 0.508 e. The lowest BCUT2D eigenvalue weighted by Crippen LogP contribution is -2.48. The molecule has 2 N–H and O–H groups in total. The number of nitriles is 1. The molecule has 4 rings (SSSR count). The summed E-state index contributed by atoms with van der Waals surface area (Å²) in [6.45, 7) is 0. The first-order chi connectivity index (χ1) is 12.9. The summed E-state index contributed by atoms with van der Waals surface area (Å²) >= 11 is 1.23. The van der Waals surface area contributed by atoms with Crippen molar-refractivity contribution in [3.8, 4) is 11.8 Å². The van der Waals surface area contributed by atoms with Crippen LogP contribution in [0.4, 0.5) is 4.39 Å². The number of benzene rings is 2. The number of nitrogens with zero attached hydrogens (tertiary/aromatic N) is 2. The topological polar surface area (TPSA) is 84.6 Å². The first kappa shape index (κ1) is 17.6. The van der Waals surface area contributed by atoms with Crippen molar-refractivity contribution in [2.24, 2.45) is 0 Å². The van der Waals surface area contributed by atoms with Crippen LogP contribution in [0.5, 0.6) is 5.75 Å². The Labute approximate surface area is 159 Å². The highest BCUT2D eigenvalue weighted by molar-refractivity contribution is 8.03. The third kappa shape index (κ3) is 2.78. The number of amides is 1. The summed E-state index contributed by atoms with van der Waals surface area (Å²) in [7, 11) is 0. The number of allylic oxidation sites excluding steroid dienone is 1. The van der Waals surface area contributed by atoms with Crippen LogP contribution in [-0.4, -0.2) is 26.8 Å². The average molecular weight is 382 g/mol. The van der Waals surface area contributed by atoms with E-state index < -0.39 is 17.5 Å². The summed E-state index contributed by atoms with van der Waals surface area (Å²) in [6.07, 6.45) is -0.0000879. The number of aliphatic hydroxyl groups is 1.